The highest BCUT2D eigenvalue weighted by Gasteiger charge is 2.30. The Hall–Kier alpha value is -2.64. The normalized spacial score (nSPS) is 15.9. The van der Waals surface area contributed by atoms with Gasteiger partial charge in [0.25, 0.3) is 0 Å². The molecular formula is C23H27N3O3S. The van der Waals surface area contributed by atoms with E-state index in [0.29, 0.717) is 29.7 Å². The van der Waals surface area contributed by atoms with Gasteiger partial charge in [-0.1, -0.05) is 30.3 Å². The maximum Gasteiger partial charge on any atom is 0.243 e. The third kappa shape index (κ3) is 4.13. The van der Waals surface area contributed by atoms with Crippen molar-refractivity contribution < 1.29 is 13.2 Å². The van der Waals surface area contributed by atoms with E-state index in [0.717, 1.165) is 36.3 Å². The van der Waals surface area contributed by atoms with E-state index in [1.807, 2.05) is 37.5 Å². The van der Waals surface area contributed by atoms with E-state index in [1.54, 1.807) is 29.6 Å². The van der Waals surface area contributed by atoms with E-state index in [2.05, 4.69) is 21.7 Å². The SMILES string of the molecule is COc1ccc(S(=O)(=O)N2CCC(Cn3ccnc3-c3ccccc3)CC2)cc1C. The van der Waals surface area contributed by atoms with Crippen LogP contribution in [0.15, 0.2) is 65.8 Å². The standard InChI is InChI=1S/C23H27N3O3S/c1-18-16-21(8-9-22(18)29-2)30(27,28)26-13-10-19(11-14-26)17-25-15-12-24-23(25)20-6-4-3-5-7-20/h3-9,12,15-16,19H,10-11,13-14,17H2,1-2H3. The Bertz CT molecular complexity index is 1100. The molecule has 7 heteroatoms. The Kier molecular flexibility index (Phi) is 5.92. The number of benzene rings is 2. The van der Waals surface area contributed by atoms with Gasteiger partial charge in [-0.3, -0.25) is 0 Å². The van der Waals surface area contributed by atoms with Crippen molar-refractivity contribution in [1.82, 2.24) is 13.9 Å². The number of aryl methyl sites for hydroxylation is 1. The van der Waals surface area contributed by atoms with Gasteiger partial charge in [-0.05, 0) is 49.4 Å². The Balaban J connectivity index is 1.42. The smallest absolute Gasteiger partial charge is 0.243 e. The molecule has 1 aromatic heterocycles. The van der Waals surface area contributed by atoms with E-state index in [1.165, 1.54) is 0 Å². The molecule has 4 rings (SSSR count). The first kappa shape index (κ1) is 20.6. The van der Waals surface area contributed by atoms with Gasteiger partial charge in [-0.15, -0.1) is 0 Å². The number of aromatic nitrogens is 2. The molecule has 1 saturated heterocycles. The zero-order valence-corrected chi connectivity index (χ0v) is 18.2. The lowest BCUT2D eigenvalue weighted by atomic mass is 9.98. The van der Waals surface area contributed by atoms with E-state index in [9.17, 15) is 8.42 Å². The molecule has 0 unspecified atom stereocenters. The summed E-state index contributed by atoms with van der Waals surface area (Å²) in [4.78, 5) is 4.85. The van der Waals surface area contributed by atoms with Crippen molar-refractivity contribution in [2.45, 2.75) is 31.2 Å². The third-order valence-corrected chi connectivity index (χ3v) is 7.67. The maximum absolute atomic E-state index is 13.1. The second-order valence-electron chi connectivity index (χ2n) is 7.75. The molecule has 3 aromatic rings. The van der Waals surface area contributed by atoms with E-state index in [-0.39, 0.29) is 0 Å². The number of imidazole rings is 1. The highest BCUT2D eigenvalue weighted by molar-refractivity contribution is 7.89. The lowest BCUT2D eigenvalue weighted by Crippen LogP contribution is -2.39. The molecule has 0 amide bonds. The molecule has 1 aliphatic rings. The van der Waals surface area contributed by atoms with Crippen LogP contribution in [0.4, 0.5) is 0 Å². The molecule has 2 heterocycles. The fourth-order valence-corrected chi connectivity index (χ4v) is 5.63. The summed E-state index contributed by atoms with van der Waals surface area (Å²) in [5.41, 5.74) is 1.92. The van der Waals surface area contributed by atoms with Crippen molar-refractivity contribution in [3.8, 4) is 17.1 Å². The molecule has 158 valence electrons. The highest BCUT2D eigenvalue weighted by Crippen LogP contribution is 2.28. The van der Waals surface area contributed by atoms with Gasteiger partial charge in [0, 0.05) is 37.6 Å². The van der Waals surface area contributed by atoms with E-state index >= 15 is 0 Å². The molecule has 0 aliphatic carbocycles. The Morgan fingerprint density at radius 3 is 2.50 bits per heavy atom. The number of nitrogens with zero attached hydrogens (tertiary/aromatic N) is 3. The summed E-state index contributed by atoms with van der Waals surface area (Å²) in [5, 5.41) is 0. The summed E-state index contributed by atoms with van der Waals surface area (Å²) in [6.07, 6.45) is 5.50. The molecule has 1 fully saturated rings. The fourth-order valence-electron chi connectivity index (χ4n) is 4.07. The number of rotatable bonds is 6. The van der Waals surface area contributed by atoms with E-state index in [4.69, 9.17) is 4.74 Å². The lowest BCUT2D eigenvalue weighted by molar-refractivity contribution is 0.253. The van der Waals surface area contributed by atoms with E-state index < -0.39 is 10.0 Å². The topological polar surface area (TPSA) is 64.4 Å². The number of sulfonamides is 1. The quantitative estimate of drug-likeness (QED) is 0.600. The van der Waals surface area contributed by atoms with Gasteiger partial charge >= 0.3 is 0 Å². The molecule has 0 atom stereocenters. The van der Waals surface area contributed by atoms with Crippen molar-refractivity contribution in [1.29, 1.82) is 0 Å². The molecule has 30 heavy (non-hydrogen) atoms. The molecule has 0 spiro atoms. The van der Waals surface area contributed by atoms with Crippen LogP contribution < -0.4 is 4.74 Å². The Morgan fingerprint density at radius 2 is 1.83 bits per heavy atom. The second-order valence-corrected chi connectivity index (χ2v) is 9.69. The van der Waals surface area contributed by atoms with Crippen molar-refractivity contribution >= 4 is 10.0 Å². The molecular weight excluding hydrogens is 398 g/mol. The predicted octanol–water partition coefficient (Wildman–Crippen LogP) is 3.97. The maximum atomic E-state index is 13.1. The summed E-state index contributed by atoms with van der Waals surface area (Å²) in [6.45, 7) is 3.78. The van der Waals surface area contributed by atoms with Gasteiger partial charge in [0.05, 0.1) is 12.0 Å². The van der Waals surface area contributed by atoms with Crippen LogP contribution in [0.3, 0.4) is 0 Å². The first-order chi connectivity index (χ1) is 14.5. The van der Waals surface area contributed by atoms with Crippen molar-refractivity contribution in [2.75, 3.05) is 20.2 Å². The van der Waals surface area contributed by atoms with Crippen LogP contribution in [0, 0.1) is 12.8 Å². The van der Waals surface area contributed by atoms with Crippen LogP contribution in [-0.2, 0) is 16.6 Å². The molecule has 0 radical (unpaired) electrons. The minimum Gasteiger partial charge on any atom is -0.496 e. The predicted molar refractivity (Wildman–Crippen MR) is 117 cm³/mol. The lowest BCUT2D eigenvalue weighted by Gasteiger charge is -2.31. The first-order valence-corrected chi connectivity index (χ1v) is 11.6. The fraction of sp³-hybridized carbons (Fsp3) is 0.348. The van der Waals surface area contributed by atoms with Gasteiger partial charge in [0.2, 0.25) is 10.0 Å². The third-order valence-electron chi connectivity index (χ3n) is 5.78. The molecule has 6 nitrogen and oxygen atoms in total. The van der Waals surface area contributed by atoms with Gasteiger partial charge in [-0.25, -0.2) is 13.4 Å². The monoisotopic (exact) mass is 425 g/mol. The summed E-state index contributed by atoms with van der Waals surface area (Å²) in [6, 6.07) is 15.2. The van der Waals surface area contributed by atoms with Gasteiger partial charge in [0.15, 0.2) is 0 Å². The molecule has 0 saturated carbocycles. The average Bonchev–Trinajstić information content (AvgIpc) is 3.23. The van der Waals surface area contributed by atoms with Crippen LogP contribution in [0.5, 0.6) is 5.75 Å². The number of methoxy groups -OCH3 is 1. The zero-order chi connectivity index (χ0) is 21.1. The summed E-state index contributed by atoms with van der Waals surface area (Å²) >= 11 is 0. The van der Waals surface area contributed by atoms with Gasteiger partial charge < -0.3 is 9.30 Å². The van der Waals surface area contributed by atoms with Gasteiger partial charge in [0.1, 0.15) is 11.6 Å². The number of hydrogen-bond acceptors (Lipinski definition) is 4. The summed E-state index contributed by atoms with van der Waals surface area (Å²) in [5.74, 6) is 2.08. The Morgan fingerprint density at radius 1 is 1.10 bits per heavy atom. The summed E-state index contributed by atoms with van der Waals surface area (Å²) in [7, 11) is -1.90. The zero-order valence-electron chi connectivity index (χ0n) is 17.4. The molecule has 1 aliphatic heterocycles. The van der Waals surface area contributed by atoms with Crippen LogP contribution in [0.25, 0.3) is 11.4 Å². The molecule has 2 aromatic carbocycles. The number of hydrogen-bond donors (Lipinski definition) is 0. The molecule has 0 N–H and O–H groups in total. The Labute approximate surface area is 178 Å². The van der Waals surface area contributed by atoms with Crippen LogP contribution in [0.1, 0.15) is 18.4 Å². The van der Waals surface area contributed by atoms with Crippen molar-refractivity contribution in [3.05, 3.63) is 66.5 Å². The minimum absolute atomic E-state index is 0.334. The van der Waals surface area contributed by atoms with Gasteiger partial charge in [-0.2, -0.15) is 4.31 Å². The van der Waals surface area contributed by atoms with Crippen molar-refractivity contribution in [3.63, 3.8) is 0 Å². The van der Waals surface area contributed by atoms with Crippen LogP contribution >= 0.6 is 0 Å². The van der Waals surface area contributed by atoms with Crippen molar-refractivity contribution in [2.24, 2.45) is 5.92 Å². The number of piperidine rings is 1. The first-order valence-electron chi connectivity index (χ1n) is 10.2. The average molecular weight is 426 g/mol. The molecule has 0 bridgehead atoms. The number of ether oxygens (including phenoxy) is 1. The van der Waals surface area contributed by atoms with Crippen LogP contribution in [0.2, 0.25) is 0 Å². The van der Waals surface area contributed by atoms with Crippen LogP contribution in [-0.4, -0.2) is 42.5 Å². The second kappa shape index (κ2) is 8.62. The highest BCUT2D eigenvalue weighted by atomic mass is 32.2. The summed E-state index contributed by atoms with van der Waals surface area (Å²) < 4.78 is 35.2. The largest absolute Gasteiger partial charge is 0.496 e. The minimum atomic E-state index is -3.49.